The first-order valence-corrected chi connectivity index (χ1v) is 10.2. The third kappa shape index (κ3) is 11.4. The van der Waals surface area contributed by atoms with Crippen molar-refractivity contribution in [2.75, 3.05) is 5.75 Å². The average molecular weight is 313 g/mol. The van der Waals surface area contributed by atoms with Crippen LogP contribution in [-0.2, 0) is 20.0 Å². The minimum atomic E-state index is -3.67. The summed E-state index contributed by atoms with van der Waals surface area (Å²) in [6.07, 6.45) is 6.58. The molecule has 0 saturated heterocycles. The van der Waals surface area contributed by atoms with E-state index in [1.54, 1.807) is 0 Å². The van der Waals surface area contributed by atoms with Gasteiger partial charge in [0.15, 0.2) is 9.99 Å². The maximum absolute atomic E-state index is 11.7. The van der Waals surface area contributed by atoms with Crippen LogP contribution in [0, 0.1) is 0 Å². The molecule has 0 radical (unpaired) electrons. The number of hydrogen-bond acceptors (Lipinski definition) is 3. The second-order valence-electron chi connectivity index (χ2n) is 4.69. The summed E-state index contributed by atoms with van der Waals surface area (Å²) in [5.74, 6) is -0.0899. The Hall–Kier alpha value is -0.110. The van der Waals surface area contributed by atoms with Crippen LogP contribution in [0.15, 0.2) is 0 Å². The molecule has 0 aromatic carbocycles. The van der Waals surface area contributed by atoms with Crippen molar-refractivity contribution in [2.24, 2.45) is 0 Å². The number of unbranched alkanes of at least 4 members (excludes halogenated alkanes) is 6. The van der Waals surface area contributed by atoms with E-state index in [0.717, 1.165) is 38.5 Å². The lowest BCUT2D eigenvalue weighted by atomic mass is 10.2. The summed E-state index contributed by atoms with van der Waals surface area (Å²) < 4.78 is 46.3. The number of nitrogens with one attached hydrogen (secondary N) is 1. The lowest BCUT2D eigenvalue weighted by Gasteiger charge is -2.08. The van der Waals surface area contributed by atoms with Crippen LogP contribution in [0.25, 0.3) is 0 Å². The molecule has 0 amide bonds. The molecule has 2 N–H and O–H groups in total. The van der Waals surface area contributed by atoms with E-state index in [2.05, 4.69) is 0 Å². The molecule has 0 heterocycles. The van der Waals surface area contributed by atoms with Crippen molar-refractivity contribution in [1.29, 1.82) is 0 Å². The zero-order chi connectivity index (χ0) is 14.8. The molecular weight excluding hydrogens is 286 g/mol. The van der Waals surface area contributed by atoms with Crippen LogP contribution in [0.3, 0.4) is 0 Å². The molecular formula is C12H27NO4S2. The highest BCUT2D eigenvalue weighted by Gasteiger charge is 2.15. The number of sulfonamides is 1. The molecule has 0 spiro atoms. The van der Waals surface area contributed by atoms with Crippen molar-refractivity contribution < 1.29 is 17.2 Å². The summed E-state index contributed by atoms with van der Waals surface area (Å²) in [6.45, 7) is 4.08. The van der Waals surface area contributed by atoms with Crippen LogP contribution in [0.4, 0.5) is 0 Å². The monoisotopic (exact) mass is 313 g/mol. The van der Waals surface area contributed by atoms with E-state index < -0.39 is 20.0 Å². The predicted octanol–water partition coefficient (Wildman–Crippen LogP) is 2.54. The highest BCUT2D eigenvalue weighted by atomic mass is 32.3. The lowest BCUT2D eigenvalue weighted by Crippen LogP contribution is -2.33. The fraction of sp³-hybridized carbons (Fsp3) is 0.917. The fourth-order valence-electron chi connectivity index (χ4n) is 1.61. The van der Waals surface area contributed by atoms with Gasteiger partial charge in [0.05, 0.1) is 5.75 Å². The van der Waals surface area contributed by atoms with Gasteiger partial charge in [-0.1, -0.05) is 46.0 Å². The molecule has 19 heavy (non-hydrogen) atoms. The Bertz CT molecular complexity index is 437. The highest BCUT2D eigenvalue weighted by molar-refractivity contribution is 8.07. The molecule has 0 bridgehead atoms. The van der Waals surface area contributed by atoms with E-state index >= 15 is 0 Å². The van der Waals surface area contributed by atoms with Gasteiger partial charge in [0.2, 0.25) is 10.0 Å². The van der Waals surface area contributed by atoms with Crippen molar-refractivity contribution in [1.82, 2.24) is 4.13 Å². The van der Waals surface area contributed by atoms with E-state index in [4.69, 9.17) is 0 Å². The molecule has 1 unspecified atom stereocenters. The van der Waals surface area contributed by atoms with Gasteiger partial charge in [-0.3, -0.25) is 0 Å². The molecule has 0 aliphatic carbocycles. The van der Waals surface area contributed by atoms with Crippen molar-refractivity contribution in [3.8, 4) is 0 Å². The van der Waals surface area contributed by atoms with Crippen LogP contribution >= 0.6 is 0 Å². The van der Waals surface area contributed by atoms with Gasteiger partial charge in [-0.25, -0.2) is 12.6 Å². The second-order valence-corrected chi connectivity index (χ2v) is 8.47. The van der Waals surface area contributed by atoms with Crippen LogP contribution in [0.2, 0.25) is 0 Å². The van der Waals surface area contributed by atoms with Gasteiger partial charge in [-0.15, -0.1) is 4.13 Å². The highest BCUT2D eigenvalue weighted by Crippen LogP contribution is 2.02. The maximum Gasteiger partial charge on any atom is 0.223 e. The molecule has 0 aromatic rings. The van der Waals surface area contributed by atoms with Gasteiger partial charge in [-0.05, 0) is 19.3 Å². The normalized spacial score (nSPS) is 15.1. The van der Waals surface area contributed by atoms with Gasteiger partial charge in [-0.2, -0.15) is 0 Å². The smallest absolute Gasteiger partial charge is 0.223 e. The summed E-state index contributed by atoms with van der Waals surface area (Å²) in [4.78, 5) is 0. The summed E-state index contributed by atoms with van der Waals surface area (Å²) in [7, 11) is -7.24. The molecule has 116 valence electrons. The third-order valence-corrected chi connectivity index (χ3v) is 6.15. The van der Waals surface area contributed by atoms with Gasteiger partial charge in [0.25, 0.3) is 0 Å². The summed E-state index contributed by atoms with van der Waals surface area (Å²) in [6, 6.07) is 0. The second kappa shape index (κ2) is 9.74. The van der Waals surface area contributed by atoms with Crippen molar-refractivity contribution in [2.45, 2.75) is 65.2 Å². The summed E-state index contributed by atoms with van der Waals surface area (Å²) in [5.41, 5.74) is 0. The zero-order valence-corrected chi connectivity index (χ0v) is 13.6. The van der Waals surface area contributed by atoms with Gasteiger partial charge in [0.1, 0.15) is 0 Å². The fourth-order valence-corrected chi connectivity index (χ4v) is 4.75. The topological polar surface area (TPSA) is 83.5 Å². The van der Waals surface area contributed by atoms with Gasteiger partial charge < -0.3 is 4.55 Å². The van der Waals surface area contributed by atoms with E-state index in [9.17, 15) is 17.2 Å². The summed E-state index contributed by atoms with van der Waals surface area (Å²) >= 11 is 0. The van der Waals surface area contributed by atoms with Gasteiger partial charge in [0, 0.05) is 5.37 Å². The largest absolute Gasteiger partial charge is 0.302 e. The Morgan fingerprint density at radius 1 is 0.947 bits per heavy atom. The Labute approximate surface area is 118 Å². The molecule has 7 heteroatoms. The van der Waals surface area contributed by atoms with Gasteiger partial charge >= 0.3 is 0 Å². The Morgan fingerprint density at radius 2 is 1.53 bits per heavy atom. The summed E-state index contributed by atoms with van der Waals surface area (Å²) in [5, 5.41) is 1.17. The first-order chi connectivity index (χ1) is 8.83. The predicted molar refractivity (Wildman–Crippen MR) is 82.0 cm³/mol. The molecule has 5 nitrogen and oxygen atoms in total. The minimum Gasteiger partial charge on any atom is -0.302 e. The quantitative estimate of drug-likeness (QED) is 0.453. The molecule has 0 saturated carbocycles. The molecule has 0 rings (SSSR count). The van der Waals surface area contributed by atoms with E-state index in [-0.39, 0.29) is 5.75 Å². The first-order valence-electron chi connectivity index (χ1n) is 6.94. The minimum absolute atomic E-state index is 0.0899. The molecule has 0 fully saturated rings. The van der Waals surface area contributed by atoms with E-state index in [0.29, 0.717) is 12.8 Å². The van der Waals surface area contributed by atoms with E-state index in [1.165, 1.54) is 5.37 Å². The van der Waals surface area contributed by atoms with Crippen molar-refractivity contribution >= 4 is 25.4 Å². The van der Waals surface area contributed by atoms with E-state index in [1.807, 2.05) is 18.0 Å². The Morgan fingerprint density at radius 3 is 2.11 bits per heavy atom. The average Bonchev–Trinajstić information content (AvgIpc) is 2.29. The Kier molecular flexibility index (Phi) is 9.68. The lowest BCUT2D eigenvalue weighted by molar-refractivity contribution is 0.548. The van der Waals surface area contributed by atoms with Crippen LogP contribution in [-0.4, -0.2) is 28.3 Å². The van der Waals surface area contributed by atoms with Crippen LogP contribution in [0.5, 0.6) is 0 Å². The molecule has 0 aromatic heterocycles. The maximum atomic E-state index is 11.7. The van der Waals surface area contributed by atoms with Crippen molar-refractivity contribution in [3.63, 3.8) is 0 Å². The van der Waals surface area contributed by atoms with Crippen molar-refractivity contribution in [3.05, 3.63) is 0 Å². The SMILES string of the molecule is CCCCCC=S(=O)(O)NS(=O)(=O)CCCCCC. The first kappa shape index (κ1) is 18.9. The number of hydrogen-bond donors (Lipinski definition) is 2. The third-order valence-electron chi connectivity index (χ3n) is 2.66. The molecule has 1 atom stereocenters. The zero-order valence-electron chi connectivity index (χ0n) is 11.9. The Balaban J connectivity index is 4.26. The molecule has 0 aliphatic heterocycles. The molecule has 0 aliphatic rings. The van der Waals surface area contributed by atoms with Crippen LogP contribution in [0.1, 0.15) is 65.2 Å². The standard InChI is InChI=1S/C12H27NO4S2/c1-3-5-7-9-11-18(14,15)13-19(16,17)12-10-8-6-4-2/h11H,3-10,12H2,1-2H3,(H2,13,14,15). The van der Waals surface area contributed by atoms with Crippen LogP contribution < -0.4 is 4.13 Å². The number of rotatable bonds is 11.